The van der Waals surface area contributed by atoms with E-state index in [1.165, 1.54) is 14.0 Å². The van der Waals surface area contributed by atoms with Gasteiger partial charge < -0.3 is 10.1 Å². The van der Waals surface area contributed by atoms with Crippen LogP contribution in [0.5, 0.6) is 5.75 Å². The van der Waals surface area contributed by atoms with E-state index >= 15 is 0 Å². The highest BCUT2D eigenvalue weighted by Crippen LogP contribution is 2.21. The Kier molecular flexibility index (Phi) is 2.84. The lowest BCUT2D eigenvalue weighted by molar-refractivity contribution is -0.114. The number of nitrogens with one attached hydrogen (secondary N) is 1. The van der Waals surface area contributed by atoms with Crippen molar-refractivity contribution in [2.75, 3.05) is 12.4 Å². The lowest BCUT2D eigenvalue weighted by atomic mass is 10.3. The van der Waals surface area contributed by atoms with E-state index in [9.17, 15) is 4.79 Å². The van der Waals surface area contributed by atoms with Gasteiger partial charge in [-0.1, -0.05) is 0 Å². The number of hydrogen-bond donors (Lipinski definition) is 1. The van der Waals surface area contributed by atoms with Gasteiger partial charge >= 0.3 is 0 Å². The number of pyridine rings is 1. The fourth-order valence-electron chi connectivity index (χ4n) is 0.965. The third kappa shape index (κ3) is 2.43. The van der Waals surface area contributed by atoms with E-state index in [4.69, 9.17) is 4.74 Å². The van der Waals surface area contributed by atoms with E-state index in [1.54, 1.807) is 6.07 Å². The zero-order chi connectivity index (χ0) is 9.84. The van der Waals surface area contributed by atoms with Gasteiger partial charge in [0.15, 0.2) is 11.6 Å². The lowest BCUT2D eigenvalue weighted by Gasteiger charge is -2.07. The minimum absolute atomic E-state index is 0.156. The summed E-state index contributed by atoms with van der Waals surface area (Å²) >= 11 is 0. The molecule has 1 aromatic rings. The van der Waals surface area contributed by atoms with Gasteiger partial charge in [-0.15, -0.1) is 0 Å². The molecule has 1 amide bonds. The third-order valence-electron chi connectivity index (χ3n) is 1.51. The molecule has 1 aromatic heterocycles. The van der Waals surface area contributed by atoms with Gasteiger partial charge in [-0.3, -0.25) is 4.79 Å². The van der Waals surface area contributed by atoms with Crippen molar-refractivity contribution in [2.45, 2.75) is 13.8 Å². The van der Waals surface area contributed by atoms with Crippen LogP contribution in [-0.2, 0) is 4.79 Å². The molecule has 70 valence electrons. The minimum Gasteiger partial charge on any atom is -0.493 e. The van der Waals surface area contributed by atoms with Crippen molar-refractivity contribution >= 4 is 11.7 Å². The van der Waals surface area contributed by atoms with Crippen LogP contribution in [0.2, 0.25) is 0 Å². The van der Waals surface area contributed by atoms with Crippen LogP contribution in [0, 0.1) is 6.92 Å². The first-order chi connectivity index (χ1) is 6.13. The van der Waals surface area contributed by atoms with Gasteiger partial charge in [-0.2, -0.15) is 0 Å². The summed E-state index contributed by atoms with van der Waals surface area (Å²) in [6, 6.07) is 3.59. The topological polar surface area (TPSA) is 51.2 Å². The first-order valence-electron chi connectivity index (χ1n) is 3.92. The second kappa shape index (κ2) is 3.89. The predicted octanol–water partition coefficient (Wildman–Crippen LogP) is 1.36. The molecule has 4 nitrogen and oxygen atoms in total. The van der Waals surface area contributed by atoms with Crippen LogP contribution in [0.1, 0.15) is 12.6 Å². The van der Waals surface area contributed by atoms with Gasteiger partial charge in [0.2, 0.25) is 5.91 Å². The van der Waals surface area contributed by atoms with Gasteiger partial charge in [-0.25, -0.2) is 4.98 Å². The van der Waals surface area contributed by atoms with Crippen LogP contribution in [0.15, 0.2) is 12.1 Å². The van der Waals surface area contributed by atoms with Crippen LogP contribution in [0.25, 0.3) is 0 Å². The molecular weight excluding hydrogens is 168 g/mol. The number of methoxy groups -OCH3 is 1. The maximum absolute atomic E-state index is 10.8. The van der Waals surface area contributed by atoms with Gasteiger partial charge in [0, 0.05) is 12.6 Å². The summed E-state index contributed by atoms with van der Waals surface area (Å²) in [7, 11) is 1.54. The SMILES string of the molecule is COc1ccc(C)nc1NC(C)=O. The molecule has 0 aliphatic rings. The van der Waals surface area contributed by atoms with E-state index < -0.39 is 0 Å². The molecule has 1 N–H and O–H groups in total. The van der Waals surface area contributed by atoms with Gasteiger partial charge in [-0.05, 0) is 19.1 Å². The largest absolute Gasteiger partial charge is 0.493 e. The van der Waals surface area contributed by atoms with Crippen LogP contribution >= 0.6 is 0 Å². The Morgan fingerprint density at radius 3 is 2.77 bits per heavy atom. The highest BCUT2D eigenvalue weighted by atomic mass is 16.5. The summed E-state index contributed by atoms with van der Waals surface area (Å²) in [6.07, 6.45) is 0. The zero-order valence-electron chi connectivity index (χ0n) is 7.92. The minimum atomic E-state index is -0.156. The van der Waals surface area contributed by atoms with Crippen molar-refractivity contribution in [1.29, 1.82) is 0 Å². The third-order valence-corrected chi connectivity index (χ3v) is 1.51. The number of aromatic nitrogens is 1. The van der Waals surface area contributed by atoms with Gasteiger partial charge in [0.25, 0.3) is 0 Å². The average Bonchev–Trinajstić information content (AvgIpc) is 2.03. The summed E-state index contributed by atoms with van der Waals surface area (Å²) in [4.78, 5) is 14.9. The molecule has 4 heteroatoms. The Hall–Kier alpha value is -1.58. The molecule has 0 saturated carbocycles. The Labute approximate surface area is 76.9 Å². The zero-order valence-corrected chi connectivity index (χ0v) is 7.92. The van der Waals surface area contributed by atoms with Crippen molar-refractivity contribution in [3.8, 4) is 5.75 Å². The lowest BCUT2D eigenvalue weighted by Crippen LogP contribution is -2.09. The Balaban J connectivity index is 3.01. The quantitative estimate of drug-likeness (QED) is 0.747. The number of rotatable bonds is 2. The summed E-state index contributed by atoms with van der Waals surface area (Å²) in [6.45, 7) is 3.29. The molecule has 1 rings (SSSR count). The number of amides is 1. The van der Waals surface area contributed by atoms with E-state index in [0.29, 0.717) is 11.6 Å². The highest BCUT2D eigenvalue weighted by molar-refractivity contribution is 5.89. The second-order valence-corrected chi connectivity index (χ2v) is 2.68. The van der Waals surface area contributed by atoms with Crippen molar-refractivity contribution < 1.29 is 9.53 Å². The van der Waals surface area contributed by atoms with E-state index in [1.807, 2.05) is 13.0 Å². The first-order valence-corrected chi connectivity index (χ1v) is 3.92. The summed E-state index contributed by atoms with van der Waals surface area (Å²) in [5, 5.41) is 2.59. The molecule has 0 fully saturated rings. The number of aryl methyl sites for hydroxylation is 1. The summed E-state index contributed by atoms with van der Waals surface area (Å²) in [5.74, 6) is 0.882. The molecule has 1 heterocycles. The number of carbonyl (C=O) groups excluding carboxylic acids is 1. The molecule has 0 bridgehead atoms. The fourth-order valence-corrected chi connectivity index (χ4v) is 0.965. The Bertz CT molecular complexity index is 323. The van der Waals surface area contributed by atoms with Crippen molar-refractivity contribution in [1.82, 2.24) is 4.98 Å². The molecule has 0 aromatic carbocycles. The smallest absolute Gasteiger partial charge is 0.222 e. The van der Waals surface area contributed by atoms with Gasteiger partial charge in [0.05, 0.1) is 7.11 Å². The normalized spacial score (nSPS) is 9.46. The van der Waals surface area contributed by atoms with E-state index in [0.717, 1.165) is 5.69 Å². The number of ether oxygens (including phenoxy) is 1. The van der Waals surface area contributed by atoms with Crippen molar-refractivity contribution in [3.63, 3.8) is 0 Å². The van der Waals surface area contributed by atoms with Crippen molar-refractivity contribution in [3.05, 3.63) is 17.8 Å². The predicted molar refractivity (Wildman–Crippen MR) is 49.8 cm³/mol. The Morgan fingerprint density at radius 2 is 2.23 bits per heavy atom. The number of carbonyl (C=O) groups is 1. The molecule has 0 spiro atoms. The molecule has 13 heavy (non-hydrogen) atoms. The van der Waals surface area contributed by atoms with Gasteiger partial charge in [0.1, 0.15) is 0 Å². The van der Waals surface area contributed by atoms with Crippen LogP contribution in [0.4, 0.5) is 5.82 Å². The average molecular weight is 180 g/mol. The molecule has 0 saturated heterocycles. The van der Waals surface area contributed by atoms with Crippen LogP contribution in [-0.4, -0.2) is 18.0 Å². The molecule has 0 radical (unpaired) electrons. The molecule has 0 aliphatic heterocycles. The summed E-state index contributed by atoms with van der Waals surface area (Å²) < 4.78 is 5.02. The van der Waals surface area contributed by atoms with E-state index in [2.05, 4.69) is 10.3 Å². The Morgan fingerprint density at radius 1 is 1.54 bits per heavy atom. The highest BCUT2D eigenvalue weighted by Gasteiger charge is 2.05. The fraction of sp³-hybridized carbons (Fsp3) is 0.333. The standard InChI is InChI=1S/C9H12N2O2/c1-6-4-5-8(13-3)9(10-6)11-7(2)12/h4-5H,1-3H3,(H,10,11,12). The molecule has 0 aliphatic carbocycles. The monoisotopic (exact) mass is 180 g/mol. The molecule has 0 atom stereocenters. The maximum Gasteiger partial charge on any atom is 0.222 e. The van der Waals surface area contributed by atoms with Crippen molar-refractivity contribution in [2.24, 2.45) is 0 Å². The van der Waals surface area contributed by atoms with Crippen LogP contribution < -0.4 is 10.1 Å². The number of anilines is 1. The van der Waals surface area contributed by atoms with Crippen LogP contribution in [0.3, 0.4) is 0 Å². The second-order valence-electron chi connectivity index (χ2n) is 2.68. The molecular formula is C9H12N2O2. The number of hydrogen-bond acceptors (Lipinski definition) is 3. The first kappa shape index (κ1) is 9.51. The number of nitrogens with zero attached hydrogens (tertiary/aromatic N) is 1. The van der Waals surface area contributed by atoms with E-state index in [-0.39, 0.29) is 5.91 Å². The maximum atomic E-state index is 10.8. The molecule has 0 unspecified atom stereocenters. The summed E-state index contributed by atoms with van der Waals surface area (Å²) in [5.41, 5.74) is 0.838.